The highest BCUT2D eigenvalue weighted by molar-refractivity contribution is 7.98. The molecule has 2 aromatic carbocycles. The van der Waals surface area contributed by atoms with Crippen LogP contribution in [0.2, 0.25) is 0 Å². The van der Waals surface area contributed by atoms with E-state index in [1.54, 1.807) is 30.9 Å². The summed E-state index contributed by atoms with van der Waals surface area (Å²) in [6.45, 7) is 0.504. The minimum atomic E-state index is -0.692. The van der Waals surface area contributed by atoms with Crippen molar-refractivity contribution in [1.29, 1.82) is 0 Å². The predicted octanol–water partition coefficient (Wildman–Crippen LogP) is 3.66. The number of amides is 2. The molecule has 2 atom stereocenters. The highest BCUT2D eigenvalue weighted by Crippen LogP contribution is 2.41. The summed E-state index contributed by atoms with van der Waals surface area (Å²) in [5, 5.41) is 2.90. The van der Waals surface area contributed by atoms with Crippen LogP contribution in [0.25, 0.3) is 0 Å². The van der Waals surface area contributed by atoms with E-state index in [0.717, 1.165) is 22.4 Å². The van der Waals surface area contributed by atoms with Gasteiger partial charge in [-0.25, -0.2) is 9.59 Å². The van der Waals surface area contributed by atoms with E-state index in [1.165, 1.54) is 7.11 Å². The molecule has 1 aliphatic heterocycles. The van der Waals surface area contributed by atoms with Gasteiger partial charge in [0.05, 0.1) is 27.4 Å². The van der Waals surface area contributed by atoms with E-state index < -0.39 is 12.0 Å². The third kappa shape index (κ3) is 5.12. The van der Waals surface area contributed by atoms with E-state index in [-0.39, 0.29) is 12.1 Å². The van der Waals surface area contributed by atoms with E-state index in [1.807, 2.05) is 48.7 Å². The number of methoxy groups -OCH3 is 3. The Kier molecular flexibility index (Phi) is 8.27. The van der Waals surface area contributed by atoms with Crippen LogP contribution < -0.4 is 14.8 Å². The van der Waals surface area contributed by atoms with Crippen molar-refractivity contribution in [2.24, 2.45) is 0 Å². The Morgan fingerprint density at radius 1 is 1.12 bits per heavy atom. The lowest BCUT2D eigenvalue weighted by Crippen LogP contribution is -2.51. The molecule has 0 radical (unpaired) electrons. The van der Waals surface area contributed by atoms with Gasteiger partial charge >= 0.3 is 12.0 Å². The first kappa shape index (κ1) is 23.8. The maximum absolute atomic E-state index is 13.4. The van der Waals surface area contributed by atoms with E-state index in [0.29, 0.717) is 30.9 Å². The second-order valence-corrected chi connectivity index (χ2v) is 8.45. The van der Waals surface area contributed by atoms with Gasteiger partial charge in [0.2, 0.25) is 0 Å². The van der Waals surface area contributed by atoms with E-state index >= 15 is 0 Å². The average molecular weight is 459 g/mol. The summed E-state index contributed by atoms with van der Waals surface area (Å²) in [6, 6.07) is 12.5. The number of hydrogen-bond donors (Lipinski definition) is 1. The highest BCUT2D eigenvalue weighted by Gasteiger charge is 2.35. The van der Waals surface area contributed by atoms with Gasteiger partial charge in [-0.15, -0.1) is 0 Å². The molecule has 0 saturated carbocycles. The van der Waals surface area contributed by atoms with Crippen LogP contribution in [-0.2, 0) is 16.0 Å². The van der Waals surface area contributed by atoms with Crippen molar-refractivity contribution in [2.45, 2.75) is 24.9 Å². The minimum Gasteiger partial charge on any atom is -0.493 e. The standard InChI is InChI=1S/C24H30N2O5S/c1-29-20-14-17-10-12-26(24(28)25-19(11-13-32-4)23(27)31-3)22(16-8-6-5-7-9-16)18(17)15-21(20)30-2/h5-9,14-15,19,22H,10-13H2,1-4H3,(H,25,28). The Balaban J connectivity index is 1.98. The number of ether oxygens (including phenoxy) is 3. The largest absolute Gasteiger partial charge is 0.493 e. The number of carbonyl (C=O) groups is 2. The number of esters is 1. The lowest BCUT2D eigenvalue weighted by molar-refractivity contribution is -0.142. The van der Waals surface area contributed by atoms with Crippen molar-refractivity contribution in [3.05, 3.63) is 59.2 Å². The maximum Gasteiger partial charge on any atom is 0.328 e. The molecular formula is C24H30N2O5S. The topological polar surface area (TPSA) is 77.1 Å². The number of rotatable bonds is 8. The van der Waals surface area contributed by atoms with Crippen LogP contribution in [0.15, 0.2) is 42.5 Å². The van der Waals surface area contributed by atoms with Gasteiger partial charge in [0.15, 0.2) is 11.5 Å². The van der Waals surface area contributed by atoms with E-state index in [4.69, 9.17) is 14.2 Å². The Morgan fingerprint density at radius 3 is 2.44 bits per heavy atom. The third-order valence-corrected chi connectivity index (χ3v) is 6.29. The summed E-state index contributed by atoms with van der Waals surface area (Å²) in [4.78, 5) is 27.4. The lowest BCUT2D eigenvalue weighted by atomic mass is 9.88. The molecule has 2 aromatic rings. The number of nitrogens with zero attached hydrogens (tertiary/aromatic N) is 1. The van der Waals surface area contributed by atoms with E-state index in [2.05, 4.69) is 5.32 Å². The second kappa shape index (κ2) is 11.1. The number of thioether (sulfide) groups is 1. The number of urea groups is 1. The fraction of sp³-hybridized carbons (Fsp3) is 0.417. The molecule has 172 valence electrons. The summed E-state index contributed by atoms with van der Waals surface area (Å²) >= 11 is 1.62. The van der Waals surface area contributed by atoms with Gasteiger partial charge in [0.1, 0.15) is 6.04 Å². The molecule has 0 aliphatic carbocycles. The summed E-state index contributed by atoms with van der Waals surface area (Å²) in [5.41, 5.74) is 3.07. The number of hydrogen-bond acceptors (Lipinski definition) is 6. The lowest BCUT2D eigenvalue weighted by Gasteiger charge is -2.38. The first-order valence-corrected chi connectivity index (χ1v) is 11.9. The summed E-state index contributed by atoms with van der Waals surface area (Å²) in [7, 11) is 4.55. The van der Waals surface area contributed by atoms with Gasteiger partial charge in [-0.2, -0.15) is 11.8 Å². The quantitative estimate of drug-likeness (QED) is 0.609. The van der Waals surface area contributed by atoms with Crippen molar-refractivity contribution in [1.82, 2.24) is 10.2 Å². The first-order valence-electron chi connectivity index (χ1n) is 10.5. The number of benzene rings is 2. The Bertz CT molecular complexity index is 937. The molecule has 0 fully saturated rings. The molecule has 32 heavy (non-hydrogen) atoms. The predicted molar refractivity (Wildman–Crippen MR) is 126 cm³/mol. The Hall–Kier alpha value is -2.87. The zero-order chi connectivity index (χ0) is 23.1. The SMILES string of the molecule is COC(=O)C(CCSC)NC(=O)N1CCc2cc(OC)c(OC)cc2C1c1ccccc1. The zero-order valence-electron chi connectivity index (χ0n) is 18.9. The Labute approximate surface area is 193 Å². The van der Waals surface area contributed by atoms with E-state index in [9.17, 15) is 9.59 Å². The fourth-order valence-corrected chi connectivity index (χ4v) is 4.49. The maximum atomic E-state index is 13.4. The van der Waals surface area contributed by atoms with Crippen molar-refractivity contribution in [3.8, 4) is 11.5 Å². The molecule has 0 aromatic heterocycles. The molecular weight excluding hydrogens is 428 g/mol. The van der Waals surface area contributed by atoms with Gasteiger partial charge in [-0.1, -0.05) is 30.3 Å². The van der Waals surface area contributed by atoms with Gasteiger partial charge in [-0.3, -0.25) is 0 Å². The highest BCUT2D eigenvalue weighted by atomic mass is 32.2. The van der Waals surface area contributed by atoms with Crippen LogP contribution in [0.1, 0.15) is 29.2 Å². The van der Waals surface area contributed by atoms with Gasteiger partial charge < -0.3 is 24.4 Å². The molecule has 0 saturated heterocycles. The molecule has 1 aliphatic rings. The van der Waals surface area contributed by atoms with Crippen molar-refractivity contribution in [3.63, 3.8) is 0 Å². The van der Waals surface area contributed by atoms with Gasteiger partial charge in [0, 0.05) is 6.54 Å². The second-order valence-electron chi connectivity index (χ2n) is 7.47. The average Bonchev–Trinajstić information content (AvgIpc) is 2.84. The zero-order valence-corrected chi connectivity index (χ0v) is 19.7. The van der Waals surface area contributed by atoms with Gasteiger partial charge in [0.25, 0.3) is 0 Å². The number of fused-ring (bicyclic) bond motifs is 1. The summed E-state index contributed by atoms with van der Waals surface area (Å²) in [6.07, 6.45) is 3.13. The molecule has 2 unspecified atom stereocenters. The molecule has 1 N–H and O–H groups in total. The van der Waals surface area contributed by atoms with Crippen LogP contribution in [0.5, 0.6) is 11.5 Å². The molecule has 3 rings (SSSR count). The minimum absolute atomic E-state index is 0.296. The molecule has 7 nitrogen and oxygen atoms in total. The number of carbonyl (C=O) groups excluding carboxylic acids is 2. The summed E-state index contributed by atoms with van der Waals surface area (Å²) in [5.74, 6) is 1.58. The van der Waals surface area contributed by atoms with Crippen molar-refractivity contribution < 1.29 is 23.8 Å². The smallest absolute Gasteiger partial charge is 0.328 e. The Morgan fingerprint density at radius 2 is 1.81 bits per heavy atom. The summed E-state index contributed by atoms with van der Waals surface area (Å²) < 4.78 is 15.9. The fourth-order valence-electron chi connectivity index (χ4n) is 4.02. The van der Waals surface area contributed by atoms with Crippen LogP contribution in [-0.4, -0.2) is 62.8 Å². The normalized spacial score (nSPS) is 16.0. The molecule has 2 amide bonds. The molecule has 0 spiro atoms. The number of nitrogens with one attached hydrogen (secondary N) is 1. The molecule has 8 heteroatoms. The first-order chi connectivity index (χ1) is 15.5. The van der Waals surface area contributed by atoms with Gasteiger partial charge in [-0.05, 0) is 53.7 Å². The van der Waals surface area contributed by atoms with Crippen molar-refractivity contribution in [2.75, 3.05) is 39.9 Å². The van der Waals surface area contributed by atoms with Crippen LogP contribution in [0.3, 0.4) is 0 Å². The third-order valence-electron chi connectivity index (χ3n) is 5.64. The van der Waals surface area contributed by atoms with Crippen LogP contribution in [0.4, 0.5) is 4.79 Å². The monoisotopic (exact) mass is 458 g/mol. The van der Waals surface area contributed by atoms with Crippen molar-refractivity contribution >= 4 is 23.8 Å². The van der Waals surface area contributed by atoms with Crippen LogP contribution in [0, 0.1) is 0 Å². The molecule has 1 heterocycles. The van der Waals surface area contributed by atoms with Crippen LogP contribution >= 0.6 is 11.8 Å². The molecule has 0 bridgehead atoms.